The van der Waals surface area contributed by atoms with Crippen LogP contribution in [0.3, 0.4) is 0 Å². The highest BCUT2D eigenvalue weighted by molar-refractivity contribution is 4.97. The Morgan fingerprint density at radius 2 is 2.50 bits per heavy atom. The van der Waals surface area contributed by atoms with Gasteiger partial charge in [0.15, 0.2) is 0 Å². The second kappa shape index (κ2) is 3.71. The Morgan fingerprint density at radius 3 is 3.10 bits per heavy atom. The number of aliphatic hydroxyl groups is 1. The molecule has 1 aliphatic rings. The van der Waals surface area contributed by atoms with Gasteiger partial charge in [0.2, 0.25) is 0 Å². The van der Waals surface area contributed by atoms with E-state index in [-0.39, 0.29) is 12.4 Å². The van der Waals surface area contributed by atoms with Crippen molar-refractivity contribution in [3.63, 3.8) is 0 Å². The minimum absolute atomic E-state index is 0.00435. The number of rotatable bonds is 2. The highest BCUT2D eigenvalue weighted by atomic mass is 19.1. The van der Waals surface area contributed by atoms with Crippen LogP contribution >= 0.6 is 0 Å². The summed E-state index contributed by atoms with van der Waals surface area (Å²) in [5.41, 5.74) is 0. The maximum Gasteiger partial charge on any atom is 0.0962 e. The van der Waals surface area contributed by atoms with Gasteiger partial charge in [-0.2, -0.15) is 0 Å². The van der Waals surface area contributed by atoms with Gasteiger partial charge in [-0.25, -0.2) is 4.39 Å². The molecule has 0 heterocycles. The molecule has 0 bridgehead atoms. The molecule has 1 N–H and O–H groups in total. The van der Waals surface area contributed by atoms with Gasteiger partial charge < -0.3 is 5.11 Å². The van der Waals surface area contributed by atoms with E-state index in [1.54, 1.807) is 6.08 Å². The molecule has 0 spiro atoms. The highest BCUT2D eigenvalue weighted by Crippen LogP contribution is 2.26. The van der Waals surface area contributed by atoms with E-state index in [1.165, 1.54) is 0 Å². The third-order valence-electron chi connectivity index (χ3n) is 1.96. The molecule has 0 amide bonds. The van der Waals surface area contributed by atoms with Crippen molar-refractivity contribution in [1.29, 1.82) is 0 Å². The molecule has 0 unspecified atom stereocenters. The monoisotopic (exact) mass is 144 g/mol. The summed E-state index contributed by atoms with van der Waals surface area (Å²) in [4.78, 5) is 0. The van der Waals surface area contributed by atoms with Crippen LogP contribution in [0.1, 0.15) is 25.7 Å². The topological polar surface area (TPSA) is 20.2 Å². The van der Waals surface area contributed by atoms with Gasteiger partial charge in [0.25, 0.3) is 0 Å². The number of hydrogen-bond acceptors (Lipinski definition) is 1. The molecule has 10 heavy (non-hydrogen) atoms. The minimum atomic E-state index is 0.00435. The molecule has 0 aromatic rings. The summed E-state index contributed by atoms with van der Waals surface area (Å²) < 4.78 is 12.5. The molecule has 0 aromatic heterocycles. The van der Waals surface area contributed by atoms with E-state index in [1.807, 2.05) is 0 Å². The summed E-state index contributed by atoms with van der Waals surface area (Å²) in [6, 6.07) is 0. The largest absolute Gasteiger partial charge is 0.396 e. The van der Waals surface area contributed by atoms with Crippen molar-refractivity contribution in [1.82, 2.24) is 0 Å². The lowest BCUT2D eigenvalue weighted by Crippen LogP contribution is -2.06. The van der Waals surface area contributed by atoms with E-state index in [0.717, 1.165) is 19.3 Å². The Balaban J connectivity index is 2.30. The molecular formula is C8H13FO. The van der Waals surface area contributed by atoms with E-state index >= 15 is 0 Å². The van der Waals surface area contributed by atoms with E-state index in [2.05, 4.69) is 0 Å². The van der Waals surface area contributed by atoms with Crippen LogP contribution in [0.2, 0.25) is 0 Å². The maximum atomic E-state index is 12.5. The molecule has 0 aliphatic heterocycles. The Labute approximate surface area is 60.6 Å². The van der Waals surface area contributed by atoms with Gasteiger partial charge in [-0.3, -0.25) is 0 Å². The normalized spacial score (nSPS) is 26.2. The summed E-state index contributed by atoms with van der Waals surface area (Å²) in [6.07, 6.45) is 4.82. The molecule has 2 heteroatoms. The number of aliphatic hydroxyl groups excluding tert-OH is 1. The number of allylic oxidation sites excluding steroid dienone is 2. The first-order chi connectivity index (χ1) is 4.83. The van der Waals surface area contributed by atoms with Crippen LogP contribution in [0.5, 0.6) is 0 Å². The second-order valence-corrected chi connectivity index (χ2v) is 2.81. The van der Waals surface area contributed by atoms with Gasteiger partial charge in [0, 0.05) is 13.0 Å². The first kappa shape index (κ1) is 7.73. The van der Waals surface area contributed by atoms with Gasteiger partial charge in [-0.1, -0.05) is 6.08 Å². The summed E-state index contributed by atoms with van der Waals surface area (Å²) in [5, 5.41) is 8.56. The molecule has 0 saturated heterocycles. The van der Waals surface area contributed by atoms with Crippen molar-refractivity contribution in [2.45, 2.75) is 25.7 Å². The molecule has 1 aliphatic carbocycles. The molecule has 58 valence electrons. The molecule has 1 rings (SSSR count). The predicted octanol–water partition coefficient (Wildman–Crippen LogP) is 2.02. The van der Waals surface area contributed by atoms with Gasteiger partial charge in [0.05, 0.1) is 5.83 Å². The van der Waals surface area contributed by atoms with E-state index in [9.17, 15) is 4.39 Å². The van der Waals surface area contributed by atoms with Gasteiger partial charge in [-0.15, -0.1) is 0 Å². The van der Waals surface area contributed by atoms with Crippen LogP contribution in [0.4, 0.5) is 4.39 Å². The van der Waals surface area contributed by atoms with Crippen LogP contribution in [0, 0.1) is 5.92 Å². The lowest BCUT2D eigenvalue weighted by molar-refractivity contribution is 0.243. The zero-order valence-corrected chi connectivity index (χ0v) is 6.02. The molecule has 0 saturated carbocycles. The number of hydrogen-bond donors (Lipinski definition) is 1. The van der Waals surface area contributed by atoms with Crippen molar-refractivity contribution in [3.05, 3.63) is 11.9 Å². The standard InChI is InChI=1S/C8H13FO/c9-8-3-1-2-7(6-8)4-5-10/h3,7,10H,1-2,4-6H2/t7-/m0/s1. The Kier molecular flexibility index (Phi) is 2.87. The summed E-state index contributed by atoms with van der Waals surface area (Å²) in [6.45, 7) is 0.192. The van der Waals surface area contributed by atoms with Gasteiger partial charge >= 0.3 is 0 Å². The van der Waals surface area contributed by atoms with Crippen LogP contribution in [0.15, 0.2) is 11.9 Å². The molecule has 0 fully saturated rings. The Hall–Kier alpha value is -0.370. The van der Waals surface area contributed by atoms with Crippen molar-refractivity contribution < 1.29 is 9.50 Å². The number of halogens is 1. The molecule has 0 radical (unpaired) electrons. The lowest BCUT2D eigenvalue weighted by atomic mass is 9.91. The van der Waals surface area contributed by atoms with Gasteiger partial charge in [0.1, 0.15) is 0 Å². The summed E-state index contributed by atoms with van der Waals surface area (Å²) in [7, 11) is 0. The highest BCUT2D eigenvalue weighted by Gasteiger charge is 2.13. The first-order valence-corrected chi connectivity index (χ1v) is 3.78. The third-order valence-corrected chi connectivity index (χ3v) is 1.96. The van der Waals surface area contributed by atoms with Crippen LogP contribution in [0.25, 0.3) is 0 Å². The summed E-state index contributed by atoms with van der Waals surface area (Å²) in [5.74, 6) is 0.389. The Morgan fingerprint density at radius 1 is 1.70 bits per heavy atom. The van der Waals surface area contributed by atoms with E-state index in [4.69, 9.17) is 5.11 Å². The van der Waals surface area contributed by atoms with Crippen LogP contribution in [-0.4, -0.2) is 11.7 Å². The molecule has 1 nitrogen and oxygen atoms in total. The zero-order valence-electron chi connectivity index (χ0n) is 6.02. The predicted molar refractivity (Wildman–Crippen MR) is 38.2 cm³/mol. The fraction of sp³-hybridized carbons (Fsp3) is 0.750. The fourth-order valence-electron chi connectivity index (χ4n) is 1.37. The maximum absolute atomic E-state index is 12.5. The molecular weight excluding hydrogens is 131 g/mol. The summed E-state index contributed by atoms with van der Waals surface area (Å²) >= 11 is 0. The van der Waals surface area contributed by atoms with E-state index in [0.29, 0.717) is 12.3 Å². The smallest absolute Gasteiger partial charge is 0.0962 e. The third kappa shape index (κ3) is 2.10. The van der Waals surface area contributed by atoms with Crippen molar-refractivity contribution in [2.24, 2.45) is 5.92 Å². The second-order valence-electron chi connectivity index (χ2n) is 2.81. The average Bonchev–Trinajstić information content (AvgIpc) is 1.88. The Bertz CT molecular complexity index is 131. The SMILES string of the molecule is OCC[C@@H]1CCC=C(F)C1. The molecule has 0 aromatic carbocycles. The fourth-order valence-corrected chi connectivity index (χ4v) is 1.37. The first-order valence-electron chi connectivity index (χ1n) is 3.78. The van der Waals surface area contributed by atoms with Crippen LogP contribution in [-0.2, 0) is 0 Å². The average molecular weight is 144 g/mol. The van der Waals surface area contributed by atoms with Crippen molar-refractivity contribution in [2.75, 3.05) is 6.61 Å². The quantitative estimate of drug-likeness (QED) is 0.628. The molecule has 1 atom stereocenters. The van der Waals surface area contributed by atoms with Gasteiger partial charge in [-0.05, 0) is 25.2 Å². The lowest BCUT2D eigenvalue weighted by Gasteiger charge is -2.17. The van der Waals surface area contributed by atoms with Crippen molar-refractivity contribution in [3.8, 4) is 0 Å². The van der Waals surface area contributed by atoms with Crippen LogP contribution < -0.4 is 0 Å². The van der Waals surface area contributed by atoms with Crippen molar-refractivity contribution >= 4 is 0 Å². The minimum Gasteiger partial charge on any atom is -0.396 e. The van der Waals surface area contributed by atoms with E-state index < -0.39 is 0 Å². The zero-order chi connectivity index (χ0) is 7.40.